The van der Waals surface area contributed by atoms with E-state index in [2.05, 4.69) is 34.4 Å². The maximum Gasteiger partial charge on any atom is 0.231 e. The summed E-state index contributed by atoms with van der Waals surface area (Å²) >= 11 is 0. The summed E-state index contributed by atoms with van der Waals surface area (Å²) in [5.41, 5.74) is 11.0. The number of nitrogens with two attached hydrogens (primary N) is 1. The third kappa shape index (κ3) is 1.84. The van der Waals surface area contributed by atoms with Crippen molar-refractivity contribution >= 4 is 33.7 Å². The molecule has 0 aliphatic carbocycles. The standard InChI is InChI=1S/C20H19N5O/c1-11(2)24-14-7-8-16(26)25-13-6-4-3-5-12(13)9-15(25)17(14)18-19(21)22-10-23-20(18)24/h3-6,9-11H,7-8H2,1-2H3,(H2,21,22,23). The molecule has 0 atom stereocenters. The van der Waals surface area contributed by atoms with Gasteiger partial charge in [0.2, 0.25) is 5.91 Å². The number of hydrogen-bond acceptors (Lipinski definition) is 4. The highest BCUT2D eigenvalue weighted by Gasteiger charge is 2.30. The predicted octanol–water partition coefficient (Wildman–Crippen LogP) is 3.80. The molecule has 5 rings (SSSR count). The van der Waals surface area contributed by atoms with Crippen molar-refractivity contribution < 1.29 is 4.79 Å². The van der Waals surface area contributed by atoms with Gasteiger partial charge in [-0.1, -0.05) is 18.2 Å². The van der Waals surface area contributed by atoms with E-state index >= 15 is 0 Å². The van der Waals surface area contributed by atoms with Crippen LogP contribution in [0.1, 0.15) is 36.8 Å². The van der Waals surface area contributed by atoms with E-state index in [-0.39, 0.29) is 11.9 Å². The van der Waals surface area contributed by atoms with Gasteiger partial charge in [0, 0.05) is 29.1 Å². The van der Waals surface area contributed by atoms with E-state index in [0.29, 0.717) is 18.7 Å². The average Bonchev–Trinajstić information content (AvgIpc) is 3.12. The number of nitrogen functional groups attached to an aromatic ring is 1. The molecule has 2 N–H and O–H groups in total. The predicted molar refractivity (Wildman–Crippen MR) is 102 cm³/mol. The Bertz CT molecular complexity index is 1200. The highest BCUT2D eigenvalue weighted by atomic mass is 16.2. The Labute approximate surface area is 150 Å². The second-order valence-electron chi connectivity index (χ2n) is 7.06. The van der Waals surface area contributed by atoms with Crippen LogP contribution in [-0.4, -0.2) is 25.0 Å². The van der Waals surface area contributed by atoms with Crippen molar-refractivity contribution in [1.29, 1.82) is 0 Å². The number of hydrogen-bond donors (Lipinski definition) is 1. The van der Waals surface area contributed by atoms with Crippen molar-refractivity contribution in [2.45, 2.75) is 32.7 Å². The number of rotatable bonds is 1. The quantitative estimate of drug-likeness (QED) is 0.569. The first-order valence-electron chi connectivity index (χ1n) is 8.85. The van der Waals surface area contributed by atoms with Crippen molar-refractivity contribution in [2.24, 2.45) is 0 Å². The molecule has 26 heavy (non-hydrogen) atoms. The van der Waals surface area contributed by atoms with Gasteiger partial charge in [-0.3, -0.25) is 9.36 Å². The number of carbonyl (C=O) groups is 1. The highest BCUT2D eigenvalue weighted by molar-refractivity contribution is 6.08. The molecule has 0 saturated heterocycles. The van der Waals surface area contributed by atoms with E-state index in [9.17, 15) is 4.79 Å². The van der Waals surface area contributed by atoms with Gasteiger partial charge in [0.15, 0.2) is 0 Å². The summed E-state index contributed by atoms with van der Waals surface area (Å²) in [5, 5.41) is 1.89. The van der Waals surface area contributed by atoms with Gasteiger partial charge in [0.25, 0.3) is 0 Å². The van der Waals surface area contributed by atoms with Crippen LogP contribution < -0.4 is 5.73 Å². The summed E-state index contributed by atoms with van der Waals surface area (Å²) in [4.78, 5) is 21.7. The van der Waals surface area contributed by atoms with E-state index in [1.165, 1.54) is 6.33 Å². The third-order valence-corrected chi connectivity index (χ3v) is 5.22. The first-order chi connectivity index (χ1) is 12.6. The zero-order valence-corrected chi connectivity index (χ0v) is 14.7. The number of carbonyl (C=O) groups excluding carboxylic acids is 1. The van der Waals surface area contributed by atoms with Crippen LogP contribution in [0.25, 0.3) is 33.2 Å². The Hall–Kier alpha value is -3.15. The lowest BCUT2D eigenvalue weighted by Crippen LogP contribution is -2.11. The van der Waals surface area contributed by atoms with Crippen LogP contribution in [0.15, 0.2) is 36.7 Å². The highest BCUT2D eigenvalue weighted by Crippen LogP contribution is 2.42. The van der Waals surface area contributed by atoms with E-state index in [1.807, 2.05) is 28.8 Å². The lowest BCUT2D eigenvalue weighted by molar-refractivity contribution is 0.0911. The second-order valence-corrected chi connectivity index (χ2v) is 7.06. The fourth-order valence-electron chi connectivity index (χ4n) is 4.23. The number of para-hydroxylation sites is 1. The fraction of sp³-hybridized carbons (Fsp3) is 0.250. The molecule has 0 unspecified atom stereocenters. The van der Waals surface area contributed by atoms with Crippen molar-refractivity contribution in [3.05, 3.63) is 42.4 Å². The Kier molecular flexibility index (Phi) is 3.01. The van der Waals surface area contributed by atoms with E-state index in [0.717, 1.165) is 38.9 Å². The number of benzene rings is 1. The average molecular weight is 345 g/mol. The minimum Gasteiger partial charge on any atom is -0.383 e. The van der Waals surface area contributed by atoms with Crippen molar-refractivity contribution in [2.75, 3.05) is 5.73 Å². The third-order valence-electron chi connectivity index (χ3n) is 5.22. The zero-order chi connectivity index (χ0) is 18.0. The summed E-state index contributed by atoms with van der Waals surface area (Å²) < 4.78 is 4.03. The van der Waals surface area contributed by atoms with Gasteiger partial charge >= 0.3 is 0 Å². The molecule has 1 aliphatic rings. The molecule has 4 heterocycles. The lowest BCUT2D eigenvalue weighted by Gasteiger charge is -2.13. The normalized spacial score (nSPS) is 14.0. The summed E-state index contributed by atoms with van der Waals surface area (Å²) in [7, 11) is 0. The van der Waals surface area contributed by atoms with Crippen LogP contribution in [0.2, 0.25) is 0 Å². The van der Waals surface area contributed by atoms with Gasteiger partial charge in [0.1, 0.15) is 17.8 Å². The monoisotopic (exact) mass is 345 g/mol. The molecule has 0 bridgehead atoms. The molecule has 3 aromatic heterocycles. The van der Waals surface area contributed by atoms with E-state index in [4.69, 9.17) is 5.73 Å². The van der Waals surface area contributed by atoms with Gasteiger partial charge in [-0.05, 0) is 32.4 Å². The van der Waals surface area contributed by atoms with Gasteiger partial charge < -0.3 is 10.3 Å². The SMILES string of the molecule is CC(C)n1c2c(c3c(N)ncnc31)-c1cc3ccccc3n1C(=O)CC2. The van der Waals surface area contributed by atoms with E-state index in [1.54, 1.807) is 0 Å². The topological polar surface area (TPSA) is 78.7 Å². The summed E-state index contributed by atoms with van der Waals surface area (Å²) in [6, 6.07) is 10.3. The fourth-order valence-corrected chi connectivity index (χ4v) is 4.23. The summed E-state index contributed by atoms with van der Waals surface area (Å²) in [6.07, 6.45) is 2.63. The van der Waals surface area contributed by atoms with Crippen LogP contribution in [0, 0.1) is 0 Å². The molecule has 0 amide bonds. The molecule has 130 valence electrons. The van der Waals surface area contributed by atoms with Gasteiger partial charge in [-0.2, -0.15) is 0 Å². The molecule has 6 heteroatoms. The Morgan fingerprint density at radius 1 is 1.15 bits per heavy atom. The lowest BCUT2D eigenvalue weighted by atomic mass is 10.1. The molecule has 0 spiro atoms. The first-order valence-corrected chi connectivity index (χ1v) is 8.85. The molecule has 0 radical (unpaired) electrons. The maximum atomic E-state index is 12.9. The molecule has 1 aliphatic heterocycles. The molecular weight excluding hydrogens is 326 g/mol. The molecule has 6 nitrogen and oxygen atoms in total. The van der Waals surface area contributed by atoms with Gasteiger partial charge in [-0.25, -0.2) is 9.97 Å². The smallest absolute Gasteiger partial charge is 0.231 e. The van der Waals surface area contributed by atoms with Crippen LogP contribution in [0.3, 0.4) is 0 Å². The van der Waals surface area contributed by atoms with Crippen LogP contribution in [0.4, 0.5) is 5.82 Å². The minimum absolute atomic E-state index is 0.108. The second kappa shape index (κ2) is 5.17. The maximum absolute atomic E-state index is 12.9. The minimum atomic E-state index is 0.108. The Balaban J connectivity index is 2.01. The van der Waals surface area contributed by atoms with Crippen molar-refractivity contribution in [3.63, 3.8) is 0 Å². The Morgan fingerprint density at radius 3 is 2.77 bits per heavy atom. The van der Waals surface area contributed by atoms with Crippen LogP contribution in [-0.2, 0) is 6.42 Å². The van der Waals surface area contributed by atoms with Crippen LogP contribution >= 0.6 is 0 Å². The zero-order valence-electron chi connectivity index (χ0n) is 14.7. The Morgan fingerprint density at radius 2 is 1.96 bits per heavy atom. The van der Waals surface area contributed by atoms with Crippen LogP contribution in [0.5, 0.6) is 0 Å². The van der Waals surface area contributed by atoms with Gasteiger partial charge in [0.05, 0.1) is 16.6 Å². The molecule has 0 saturated carbocycles. The number of nitrogens with zero attached hydrogens (tertiary/aromatic N) is 4. The number of fused-ring (bicyclic) bond motifs is 7. The summed E-state index contributed by atoms with van der Waals surface area (Å²) in [5.74, 6) is 0.563. The largest absolute Gasteiger partial charge is 0.383 e. The van der Waals surface area contributed by atoms with E-state index < -0.39 is 0 Å². The summed E-state index contributed by atoms with van der Waals surface area (Å²) in [6.45, 7) is 4.25. The van der Waals surface area contributed by atoms with Gasteiger partial charge in [-0.15, -0.1) is 0 Å². The molecule has 1 aromatic carbocycles. The molecule has 0 fully saturated rings. The number of aromatic nitrogens is 4. The first kappa shape index (κ1) is 15.1. The molecule has 4 aromatic rings. The van der Waals surface area contributed by atoms with Crippen molar-refractivity contribution in [3.8, 4) is 11.3 Å². The number of anilines is 1. The van der Waals surface area contributed by atoms with Crippen molar-refractivity contribution in [1.82, 2.24) is 19.1 Å². The molecular formula is C20H19N5O.